The first-order valence-corrected chi connectivity index (χ1v) is 5.78. The van der Waals surface area contributed by atoms with E-state index < -0.39 is 0 Å². The Bertz CT molecular complexity index is 408. The topological polar surface area (TPSA) is 34.9 Å². The monoisotopic (exact) mass is 226 g/mol. The van der Waals surface area contributed by atoms with Crippen molar-refractivity contribution in [3.63, 3.8) is 0 Å². The van der Waals surface area contributed by atoms with E-state index >= 15 is 0 Å². The Labute approximate surface area is 94.1 Å². The number of hydrogen-bond donors (Lipinski definition) is 0. The second-order valence-corrected chi connectivity index (χ2v) is 4.61. The first kappa shape index (κ1) is 10.7. The quantitative estimate of drug-likeness (QED) is 0.726. The summed E-state index contributed by atoms with van der Waals surface area (Å²) in [4.78, 5) is 15.8. The van der Waals surface area contributed by atoms with Gasteiger partial charge in [-0.05, 0) is 25.7 Å². The molecule has 82 valence electrons. The minimum Gasteiger partial charge on any atom is -0.297 e. The van der Waals surface area contributed by atoms with Crippen molar-refractivity contribution in [3.8, 4) is 0 Å². The van der Waals surface area contributed by atoms with Crippen LogP contribution in [0.5, 0.6) is 0 Å². The van der Waals surface area contributed by atoms with Crippen molar-refractivity contribution in [1.82, 2.24) is 9.55 Å². The SMILES string of the molecule is Cc1nc(Cl)cc(=O)n1CC1CCCC1. The summed E-state index contributed by atoms with van der Waals surface area (Å²) in [7, 11) is 0. The molecule has 2 rings (SSSR count). The fraction of sp³-hybridized carbons (Fsp3) is 0.636. The second-order valence-electron chi connectivity index (χ2n) is 4.23. The molecule has 0 spiro atoms. The standard InChI is InChI=1S/C11H15ClN2O/c1-8-13-10(12)6-11(15)14(8)7-9-4-2-3-5-9/h6,9H,2-5,7H2,1H3. The summed E-state index contributed by atoms with van der Waals surface area (Å²) in [6.45, 7) is 2.64. The largest absolute Gasteiger partial charge is 0.297 e. The van der Waals surface area contributed by atoms with Gasteiger partial charge in [-0.2, -0.15) is 0 Å². The highest BCUT2D eigenvalue weighted by atomic mass is 35.5. The highest BCUT2D eigenvalue weighted by Crippen LogP contribution is 2.25. The molecule has 0 aliphatic heterocycles. The predicted molar refractivity (Wildman–Crippen MR) is 60.2 cm³/mol. The van der Waals surface area contributed by atoms with Crippen molar-refractivity contribution < 1.29 is 0 Å². The van der Waals surface area contributed by atoms with Crippen LogP contribution in [0.25, 0.3) is 0 Å². The van der Waals surface area contributed by atoms with Crippen LogP contribution in [-0.2, 0) is 6.54 Å². The van der Waals surface area contributed by atoms with Gasteiger partial charge in [-0.25, -0.2) is 4.98 Å². The molecule has 1 aliphatic carbocycles. The Kier molecular flexibility index (Phi) is 3.10. The lowest BCUT2D eigenvalue weighted by Gasteiger charge is -2.13. The lowest BCUT2D eigenvalue weighted by Crippen LogP contribution is -2.25. The molecule has 1 aliphatic rings. The minimum atomic E-state index is -0.0283. The molecule has 0 aromatic carbocycles. The Balaban J connectivity index is 2.23. The summed E-state index contributed by atoms with van der Waals surface area (Å²) in [6.07, 6.45) is 5.04. The Morgan fingerprint density at radius 2 is 2.20 bits per heavy atom. The smallest absolute Gasteiger partial charge is 0.254 e. The molecule has 1 saturated carbocycles. The van der Waals surface area contributed by atoms with Crippen LogP contribution in [0, 0.1) is 12.8 Å². The Morgan fingerprint density at radius 3 is 2.80 bits per heavy atom. The third-order valence-corrected chi connectivity index (χ3v) is 3.28. The molecule has 0 atom stereocenters. The fourth-order valence-corrected chi connectivity index (χ4v) is 2.48. The van der Waals surface area contributed by atoms with Crippen LogP contribution >= 0.6 is 11.6 Å². The molecule has 0 saturated heterocycles. The Morgan fingerprint density at radius 1 is 1.53 bits per heavy atom. The highest BCUT2D eigenvalue weighted by Gasteiger charge is 2.17. The van der Waals surface area contributed by atoms with Gasteiger partial charge >= 0.3 is 0 Å². The van der Waals surface area contributed by atoms with Gasteiger partial charge in [-0.1, -0.05) is 24.4 Å². The number of nitrogens with zero attached hydrogens (tertiary/aromatic N) is 2. The zero-order valence-corrected chi connectivity index (χ0v) is 9.63. The van der Waals surface area contributed by atoms with Gasteiger partial charge < -0.3 is 0 Å². The summed E-state index contributed by atoms with van der Waals surface area (Å²) < 4.78 is 1.74. The van der Waals surface area contributed by atoms with E-state index in [0.717, 1.165) is 12.4 Å². The normalized spacial score (nSPS) is 17.2. The van der Waals surface area contributed by atoms with Crippen molar-refractivity contribution in [1.29, 1.82) is 0 Å². The van der Waals surface area contributed by atoms with E-state index in [-0.39, 0.29) is 5.56 Å². The van der Waals surface area contributed by atoms with Gasteiger partial charge in [-0.15, -0.1) is 0 Å². The van der Waals surface area contributed by atoms with Crippen LogP contribution < -0.4 is 5.56 Å². The number of aryl methyl sites for hydroxylation is 1. The van der Waals surface area contributed by atoms with Crippen molar-refractivity contribution in [3.05, 3.63) is 27.4 Å². The number of hydrogen-bond acceptors (Lipinski definition) is 2. The number of halogens is 1. The van der Waals surface area contributed by atoms with Crippen molar-refractivity contribution in [2.24, 2.45) is 5.92 Å². The molecule has 1 aromatic rings. The summed E-state index contributed by atoms with van der Waals surface area (Å²) in [6, 6.07) is 1.39. The van der Waals surface area contributed by atoms with Crippen molar-refractivity contribution in [2.75, 3.05) is 0 Å². The van der Waals surface area contributed by atoms with Crippen LogP contribution in [0.3, 0.4) is 0 Å². The van der Waals surface area contributed by atoms with Crippen LogP contribution in [0.15, 0.2) is 10.9 Å². The van der Waals surface area contributed by atoms with Crippen LogP contribution in [0.2, 0.25) is 5.15 Å². The number of aromatic nitrogens is 2. The first-order chi connectivity index (χ1) is 7.16. The van der Waals surface area contributed by atoms with Gasteiger partial charge in [0.2, 0.25) is 0 Å². The van der Waals surface area contributed by atoms with Crippen LogP contribution in [0.4, 0.5) is 0 Å². The molecular weight excluding hydrogens is 212 g/mol. The highest BCUT2D eigenvalue weighted by molar-refractivity contribution is 6.29. The molecule has 0 bridgehead atoms. The maximum absolute atomic E-state index is 11.7. The molecule has 0 N–H and O–H groups in total. The van der Waals surface area contributed by atoms with Gasteiger partial charge in [0.25, 0.3) is 5.56 Å². The van der Waals surface area contributed by atoms with E-state index in [4.69, 9.17) is 11.6 Å². The molecule has 4 heteroatoms. The van der Waals surface area contributed by atoms with E-state index in [9.17, 15) is 4.79 Å². The van der Waals surface area contributed by atoms with Crippen molar-refractivity contribution in [2.45, 2.75) is 39.2 Å². The molecule has 1 heterocycles. The third kappa shape index (κ3) is 2.40. The van der Waals surface area contributed by atoms with Gasteiger partial charge in [0.1, 0.15) is 11.0 Å². The maximum atomic E-state index is 11.7. The van der Waals surface area contributed by atoms with E-state index in [1.807, 2.05) is 6.92 Å². The van der Waals surface area contributed by atoms with Gasteiger partial charge in [0.05, 0.1) is 0 Å². The molecule has 0 unspecified atom stereocenters. The molecule has 0 radical (unpaired) electrons. The van der Waals surface area contributed by atoms with Gasteiger partial charge in [0.15, 0.2) is 0 Å². The molecule has 0 amide bonds. The lowest BCUT2D eigenvalue weighted by molar-refractivity contribution is 0.438. The first-order valence-electron chi connectivity index (χ1n) is 5.41. The van der Waals surface area contributed by atoms with E-state index in [1.165, 1.54) is 31.7 Å². The fourth-order valence-electron chi connectivity index (χ4n) is 2.26. The van der Waals surface area contributed by atoms with Crippen LogP contribution in [0.1, 0.15) is 31.5 Å². The molecule has 15 heavy (non-hydrogen) atoms. The molecule has 1 aromatic heterocycles. The van der Waals surface area contributed by atoms with Crippen molar-refractivity contribution >= 4 is 11.6 Å². The summed E-state index contributed by atoms with van der Waals surface area (Å²) in [5.41, 5.74) is -0.0283. The van der Waals surface area contributed by atoms with E-state index in [1.54, 1.807) is 4.57 Å². The zero-order chi connectivity index (χ0) is 10.8. The maximum Gasteiger partial charge on any atom is 0.254 e. The summed E-state index contributed by atoms with van der Waals surface area (Å²) >= 11 is 5.71. The average molecular weight is 227 g/mol. The molecular formula is C11H15ClN2O. The third-order valence-electron chi connectivity index (χ3n) is 3.08. The predicted octanol–water partition coefficient (Wildman–Crippen LogP) is 2.40. The summed E-state index contributed by atoms with van der Waals surface area (Å²) in [5.74, 6) is 1.36. The van der Waals surface area contributed by atoms with E-state index in [0.29, 0.717) is 11.1 Å². The van der Waals surface area contributed by atoms with Gasteiger partial charge in [0, 0.05) is 12.6 Å². The zero-order valence-electron chi connectivity index (χ0n) is 8.87. The Hall–Kier alpha value is -0.830. The van der Waals surface area contributed by atoms with E-state index in [2.05, 4.69) is 4.98 Å². The second kappa shape index (κ2) is 4.35. The minimum absolute atomic E-state index is 0.0283. The van der Waals surface area contributed by atoms with Gasteiger partial charge in [-0.3, -0.25) is 9.36 Å². The summed E-state index contributed by atoms with van der Waals surface area (Å²) in [5, 5.41) is 0.292. The average Bonchev–Trinajstić information content (AvgIpc) is 2.63. The lowest BCUT2D eigenvalue weighted by atomic mass is 10.1. The molecule has 1 fully saturated rings. The van der Waals surface area contributed by atoms with Crippen LogP contribution in [-0.4, -0.2) is 9.55 Å². The number of rotatable bonds is 2. The molecule has 3 nitrogen and oxygen atoms in total.